The van der Waals surface area contributed by atoms with Crippen LogP contribution in [0.1, 0.15) is 19.5 Å². The lowest BCUT2D eigenvalue weighted by molar-refractivity contribution is -0.152. The van der Waals surface area contributed by atoms with E-state index in [9.17, 15) is 9.90 Å². The predicted molar refractivity (Wildman–Crippen MR) is 58.3 cm³/mol. The zero-order valence-electron chi connectivity index (χ0n) is 9.38. The second-order valence-electron chi connectivity index (χ2n) is 4.06. The van der Waals surface area contributed by atoms with E-state index in [4.69, 9.17) is 10.5 Å². The smallest absolute Gasteiger partial charge is 0.326 e. The highest BCUT2D eigenvalue weighted by atomic mass is 16.5. The van der Waals surface area contributed by atoms with Gasteiger partial charge in [0.15, 0.2) is 0 Å². The highest BCUT2D eigenvalue weighted by Crippen LogP contribution is 2.08. The summed E-state index contributed by atoms with van der Waals surface area (Å²) in [6.45, 7) is 2.98. The molecule has 0 saturated heterocycles. The number of pyridine rings is 1. The van der Waals surface area contributed by atoms with Crippen LogP contribution in [0.4, 0.5) is 0 Å². The van der Waals surface area contributed by atoms with Crippen LogP contribution in [0.2, 0.25) is 0 Å². The number of rotatable bonds is 4. The number of aromatic nitrogens is 1. The van der Waals surface area contributed by atoms with Gasteiger partial charge in [0.2, 0.25) is 0 Å². The third-order valence-electron chi connectivity index (χ3n) is 2.10. The molecule has 0 amide bonds. The molecule has 0 aliphatic heterocycles. The summed E-state index contributed by atoms with van der Waals surface area (Å²) in [7, 11) is 0. The van der Waals surface area contributed by atoms with Crippen molar-refractivity contribution in [1.29, 1.82) is 0 Å². The second-order valence-corrected chi connectivity index (χ2v) is 4.06. The van der Waals surface area contributed by atoms with Gasteiger partial charge in [-0.15, -0.1) is 0 Å². The van der Waals surface area contributed by atoms with Gasteiger partial charge in [-0.05, 0) is 26.0 Å². The molecule has 5 heteroatoms. The van der Waals surface area contributed by atoms with Crippen LogP contribution in [-0.4, -0.2) is 27.7 Å². The van der Waals surface area contributed by atoms with E-state index >= 15 is 0 Å². The molecule has 16 heavy (non-hydrogen) atoms. The van der Waals surface area contributed by atoms with Gasteiger partial charge >= 0.3 is 5.97 Å². The third kappa shape index (κ3) is 3.60. The van der Waals surface area contributed by atoms with Gasteiger partial charge in [-0.25, -0.2) is 0 Å². The molecule has 0 fully saturated rings. The van der Waals surface area contributed by atoms with E-state index in [2.05, 4.69) is 4.98 Å². The number of hydrogen-bond acceptors (Lipinski definition) is 5. The molecular weight excluding hydrogens is 208 g/mol. The normalized spacial score (nSPS) is 13.2. The Hall–Kier alpha value is -1.46. The lowest BCUT2D eigenvalue weighted by Crippen LogP contribution is -2.49. The maximum atomic E-state index is 11.4. The topological polar surface area (TPSA) is 85.4 Å². The molecule has 1 atom stereocenters. The van der Waals surface area contributed by atoms with Crippen molar-refractivity contribution in [3.63, 3.8) is 0 Å². The van der Waals surface area contributed by atoms with Crippen LogP contribution < -0.4 is 5.73 Å². The molecular formula is C11H16N2O3. The van der Waals surface area contributed by atoms with E-state index in [0.29, 0.717) is 5.69 Å². The highest BCUT2D eigenvalue weighted by molar-refractivity contribution is 5.76. The molecule has 1 aromatic rings. The summed E-state index contributed by atoms with van der Waals surface area (Å²) in [5.41, 5.74) is 4.86. The number of nitrogens with zero attached hydrogens (tertiary/aromatic N) is 1. The van der Waals surface area contributed by atoms with Gasteiger partial charge in [0.1, 0.15) is 12.6 Å². The number of carbonyl (C=O) groups excluding carboxylic acids is 1. The second kappa shape index (κ2) is 5.05. The molecule has 3 N–H and O–H groups in total. The standard InChI is InChI=1S/C11H16N2O3/c1-11(2,15)9(12)10(14)16-7-8-5-3-4-6-13-8/h3-6,9,15H,7,12H2,1-2H3/t9-/m1/s1. The summed E-state index contributed by atoms with van der Waals surface area (Å²) in [6.07, 6.45) is 1.61. The van der Waals surface area contributed by atoms with E-state index in [1.165, 1.54) is 13.8 Å². The lowest BCUT2D eigenvalue weighted by Gasteiger charge is -2.23. The molecule has 0 radical (unpaired) electrons. The minimum atomic E-state index is -1.29. The van der Waals surface area contributed by atoms with Crippen molar-refractivity contribution in [2.24, 2.45) is 5.73 Å². The first-order valence-corrected chi connectivity index (χ1v) is 4.96. The predicted octanol–water partition coefficient (Wildman–Crippen LogP) is 0.223. The molecule has 0 aliphatic carbocycles. The zero-order valence-corrected chi connectivity index (χ0v) is 9.38. The SMILES string of the molecule is CC(C)(O)[C@H](N)C(=O)OCc1ccccn1. The van der Waals surface area contributed by atoms with Crippen molar-refractivity contribution < 1.29 is 14.6 Å². The van der Waals surface area contributed by atoms with Crippen LogP contribution in [0.25, 0.3) is 0 Å². The largest absolute Gasteiger partial charge is 0.458 e. The van der Waals surface area contributed by atoms with Gasteiger partial charge in [-0.3, -0.25) is 9.78 Å². The lowest BCUT2D eigenvalue weighted by atomic mass is 10.0. The van der Waals surface area contributed by atoms with Gasteiger partial charge in [-0.1, -0.05) is 6.07 Å². The molecule has 0 bridgehead atoms. The fraction of sp³-hybridized carbons (Fsp3) is 0.455. The monoisotopic (exact) mass is 224 g/mol. The Morgan fingerprint density at radius 1 is 1.62 bits per heavy atom. The van der Waals surface area contributed by atoms with Crippen molar-refractivity contribution >= 4 is 5.97 Å². The summed E-state index contributed by atoms with van der Waals surface area (Å²) in [5.74, 6) is -0.641. The van der Waals surface area contributed by atoms with Crippen molar-refractivity contribution in [2.75, 3.05) is 0 Å². The Kier molecular flexibility index (Phi) is 3.98. The summed E-state index contributed by atoms with van der Waals surface area (Å²) >= 11 is 0. The first-order chi connectivity index (χ1) is 7.41. The molecule has 0 spiro atoms. The number of carbonyl (C=O) groups is 1. The molecule has 5 nitrogen and oxygen atoms in total. The first kappa shape index (κ1) is 12.6. The van der Waals surface area contributed by atoms with Crippen LogP contribution in [0, 0.1) is 0 Å². The van der Waals surface area contributed by atoms with Crippen LogP contribution in [0.5, 0.6) is 0 Å². The molecule has 0 saturated carbocycles. The number of esters is 1. The van der Waals surface area contributed by atoms with Crippen molar-refractivity contribution in [2.45, 2.75) is 32.1 Å². The maximum absolute atomic E-state index is 11.4. The van der Waals surface area contributed by atoms with E-state index in [0.717, 1.165) is 0 Å². The number of nitrogens with two attached hydrogens (primary N) is 1. The summed E-state index contributed by atoms with van der Waals surface area (Å²) in [6, 6.07) is 4.25. The Balaban J connectivity index is 2.48. The average molecular weight is 224 g/mol. The summed E-state index contributed by atoms with van der Waals surface area (Å²) < 4.78 is 4.93. The van der Waals surface area contributed by atoms with E-state index in [1.54, 1.807) is 24.4 Å². The minimum Gasteiger partial charge on any atom is -0.458 e. The van der Waals surface area contributed by atoms with E-state index in [1.807, 2.05) is 0 Å². The maximum Gasteiger partial charge on any atom is 0.326 e. The van der Waals surface area contributed by atoms with Crippen molar-refractivity contribution in [3.05, 3.63) is 30.1 Å². The molecule has 1 aromatic heterocycles. The number of aliphatic hydroxyl groups is 1. The molecule has 0 unspecified atom stereocenters. The van der Waals surface area contributed by atoms with Crippen molar-refractivity contribution in [1.82, 2.24) is 4.98 Å². The molecule has 0 aromatic carbocycles. The summed E-state index contributed by atoms with van der Waals surface area (Å²) in [4.78, 5) is 15.4. The zero-order chi connectivity index (χ0) is 12.2. The molecule has 1 heterocycles. The Bertz CT molecular complexity index is 346. The molecule has 88 valence electrons. The van der Waals surface area contributed by atoms with Gasteiger partial charge in [0.25, 0.3) is 0 Å². The van der Waals surface area contributed by atoms with Crippen LogP contribution in [0.15, 0.2) is 24.4 Å². The number of ether oxygens (including phenoxy) is 1. The average Bonchev–Trinajstić information content (AvgIpc) is 2.25. The van der Waals surface area contributed by atoms with E-state index < -0.39 is 17.6 Å². The van der Waals surface area contributed by atoms with Gasteiger partial charge in [0.05, 0.1) is 11.3 Å². The Labute approximate surface area is 94.2 Å². The summed E-state index contributed by atoms with van der Waals surface area (Å²) in [5, 5.41) is 9.51. The third-order valence-corrected chi connectivity index (χ3v) is 2.10. The van der Waals surface area contributed by atoms with Crippen LogP contribution in [-0.2, 0) is 16.1 Å². The fourth-order valence-corrected chi connectivity index (χ4v) is 1.01. The Morgan fingerprint density at radius 3 is 2.81 bits per heavy atom. The Morgan fingerprint density at radius 2 is 2.31 bits per heavy atom. The quantitative estimate of drug-likeness (QED) is 0.715. The first-order valence-electron chi connectivity index (χ1n) is 4.96. The van der Waals surface area contributed by atoms with E-state index in [-0.39, 0.29) is 6.61 Å². The van der Waals surface area contributed by atoms with Crippen molar-refractivity contribution in [3.8, 4) is 0 Å². The fourth-order valence-electron chi connectivity index (χ4n) is 1.01. The van der Waals surface area contributed by atoms with Gasteiger partial charge in [-0.2, -0.15) is 0 Å². The highest BCUT2D eigenvalue weighted by Gasteiger charge is 2.30. The van der Waals surface area contributed by atoms with Crippen LogP contribution in [0.3, 0.4) is 0 Å². The molecule has 0 aliphatic rings. The van der Waals surface area contributed by atoms with Crippen LogP contribution >= 0.6 is 0 Å². The minimum absolute atomic E-state index is 0.0590. The number of hydrogen-bond donors (Lipinski definition) is 2. The van der Waals surface area contributed by atoms with Gasteiger partial charge < -0.3 is 15.6 Å². The van der Waals surface area contributed by atoms with Gasteiger partial charge in [0, 0.05) is 6.20 Å². The molecule has 1 rings (SSSR count).